The number of ether oxygens (including phenoxy) is 3. The van der Waals surface area contributed by atoms with Crippen LogP contribution in [0.1, 0.15) is 5.56 Å². The maximum Gasteiger partial charge on any atom is 0.170 e. The molecule has 0 amide bonds. The van der Waals surface area contributed by atoms with Crippen molar-refractivity contribution in [1.82, 2.24) is 0 Å². The molecule has 0 bridgehead atoms. The minimum atomic E-state index is -0.577. The van der Waals surface area contributed by atoms with Gasteiger partial charge in [-0.15, -0.1) is 0 Å². The van der Waals surface area contributed by atoms with Gasteiger partial charge in [0.05, 0.1) is 19.8 Å². The number of aromatic hydroxyl groups is 1. The highest BCUT2D eigenvalue weighted by Crippen LogP contribution is 2.49. The van der Waals surface area contributed by atoms with Crippen LogP contribution in [0.3, 0.4) is 0 Å². The molecule has 0 aliphatic rings. The molecule has 0 aromatic heterocycles. The molecule has 1 N–H and O–H groups in total. The van der Waals surface area contributed by atoms with E-state index < -0.39 is 5.82 Å². The van der Waals surface area contributed by atoms with Gasteiger partial charge < -0.3 is 19.3 Å². The van der Waals surface area contributed by atoms with E-state index in [-0.39, 0.29) is 35.2 Å². The van der Waals surface area contributed by atoms with E-state index in [4.69, 9.17) is 14.2 Å². The van der Waals surface area contributed by atoms with Crippen LogP contribution in [-0.4, -0.2) is 19.3 Å². The van der Waals surface area contributed by atoms with Gasteiger partial charge in [-0.3, -0.25) is 0 Å². The standard InChI is InChI=1S/C27H22F2O4/c1-31-24-15-21(18-8-11-20(28)12-9-18)27(32-2)26(30)25(24)19-10-13-23(22(29)14-19)33-16-17-6-4-3-5-7-17/h3-15,30H,16H2,1-2H3. The lowest BCUT2D eigenvalue weighted by Gasteiger charge is -2.18. The Morgan fingerprint density at radius 3 is 2.09 bits per heavy atom. The number of rotatable bonds is 7. The Balaban J connectivity index is 1.72. The summed E-state index contributed by atoms with van der Waals surface area (Å²) >= 11 is 0. The van der Waals surface area contributed by atoms with Crippen LogP contribution >= 0.6 is 0 Å². The van der Waals surface area contributed by atoms with Crippen molar-refractivity contribution in [3.8, 4) is 45.3 Å². The molecule has 0 spiro atoms. The normalized spacial score (nSPS) is 10.7. The SMILES string of the molecule is COc1cc(-c2ccc(F)cc2)c(OC)c(O)c1-c1ccc(OCc2ccccc2)c(F)c1. The highest BCUT2D eigenvalue weighted by atomic mass is 19.1. The third-order valence-electron chi connectivity index (χ3n) is 5.26. The topological polar surface area (TPSA) is 47.9 Å². The maximum atomic E-state index is 14.9. The van der Waals surface area contributed by atoms with E-state index in [1.165, 1.54) is 38.5 Å². The largest absolute Gasteiger partial charge is 0.504 e. The van der Waals surface area contributed by atoms with Crippen molar-refractivity contribution in [2.24, 2.45) is 0 Å². The molecule has 0 aliphatic heterocycles. The molecule has 0 aliphatic carbocycles. The number of phenols is 1. The summed E-state index contributed by atoms with van der Waals surface area (Å²) < 4.78 is 44.8. The van der Waals surface area contributed by atoms with Crippen molar-refractivity contribution in [3.63, 3.8) is 0 Å². The van der Waals surface area contributed by atoms with Gasteiger partial charge in [0.1, 0.15) is 18.2 Å². The first-order valence-corrected chi connectivity index (χ1v) is 10.2. The van der Waals surface area contributed by atoms with Gasteiger partial charge in [0.2, 0.25) is 0 Å². The van der Waals surface area contributed by atoms with Crippen molar-refractivity contribution in [3.05, 3.63) is 96.1 Å². The Hall–Kier alpha value is -4.06. The minimum Gasteiger partial charge on any atom is -0.504 e. The zero-order valence-electron chi connectivity index (χ0n) is 18.1. The molecule has 33 heavy (non-hydrogen) atoms. The molecule has 0 atom stereocenters. The summed E-state index contributed by atoms with van der Waals surface area (Å²) in [5.74, 6) is -0.598. The average Bonchev–Trinajstić information content (AvgIpc) is 2.84. The first-order chi connectivity index (χ1) is 16.0. The molecule has 0 fully saturated rings. The predicted octanol–water partition coefficient (Wildman–Crippen LogP) is 6.60. The van der Waals surface area contributed by atoms with Gasteiger partial charge in [0.25, 0.3) is 0 Å². The Morgan fingerprint density at radius 2 is 1.45 bits per heavy atom. The highest BCUT2D eigenvalue weighted by Gasteiger charge is 2.22. The summed E-state index contributed by atoms with van der Waals surface area (Å²) in [6, 6.07) is 21.3. The molecule has 0 unspecified atom stereocenters. The van der Waals surface area contributed by atoms with E-state index in [1.807, 2.05) is 30.3 Å². The van der Waals surface area contributed by atoms with Gasteiger partial charge in [-0.2, -0.15) is 0 Å². The molecular formula is C27H22F2O4. The highest BCUT2D eigenvalue weighted by molar-refractivity contribution is 5.87. The van der Waals surface area contributed by atoms with E-state index in [0.717, 1.165) is 5.56 Å². The summed E-state index contributed by atoms with van der Waals surface area (Å²) in [6.07, 6.45) is 0. The Labute approximate surface area is 190 Å². The van der Waals surface area contributed by atoms with Crippen molar-refractivity contribution in [2.45, 2.75) is 6.61 Å². The van der Waals surface area contributed by atoms with Gasteiger partial charge in [-0.05, 0) is 47.0 Å². The number of halogens is 2. The van der Waals surface area contributed by atoms with Crippen LogP contribution in [0.25, 0.3) is 22.3 Å². The van der Waals surface area contributed by atoms with Crippen LogP contribution in [0.4, 0.5) is 8.78 Å². The number of benzene rings is 4. The monoisotopic (exact) mass is 448 g/mol. The second-order valence-electron chi connectivity index (χ2n) is 7.31. The molecule has 0 saturated heterocycles. The van der Waals surface area contributed by atoms with E-state index in [1.54, 1.807) is 24.3 Å². The average molecular weight is 448 g/mol. The minimum absolute atomic E-state index is 0.0935. The molecule has 168 valence electrons. The quantitative estimate of drug-likeness (QED) is 0.346. The Morgan fingerprint density at radius 1 is 0.758 bits per heavy atom. The Kier molecular flexibility index (Phi) is 6.45. The van der Waals surface area contributed by atoms with Gasteiger partial charge >= 0.3 is 0 Å². The fraction of sp³-hybridized carbons (Fsp3) is 0.111. The molecule has 0 heterocycles. The van der Waals surface area contributed by atoms with E-state index in [9.17, 15) is 13.9 Å². The number of methoxy groups -OCH3 is 2. The van der Waals surface area contributed by atoms with Crippen LogP contribution < -0.4 is 14.2 Å². The first kappa shape index (κ1) is 22.1. The third kappa shape index (κ3) is 4.60. The lowest BCUT2D eigenvalue weighted by molar-refractivity contribution is 0.290. The third-order valence-corrected chi connectivity index (χ3v) is 5.26. The van der Waals surface area contributed by atoms with Crippen LogP contribution in [0.5, 0.6) is 23.0 Å². The second-order valence-corrected chi connectivity index (χ2v) is 7.31. The lowest BCUT2D eigenvalue weighted by Crippen LogP contribution is -1.98. The smallest absolute Gasteiger partial charge is 0.170 e. The number of hydrogen-bond acceptors (Lipinski definition) is 4. The summed E-state index contributed by atoms with van der Waals surface area (Å²) in [6.45, 7) is 0.228. The zero-order chi connectivity index (χ0) is 23.4. The number of phenolic OH excluding ortho intramolecular Hbond substituents is 1. The van der Waals surface area contributed by atoms with Gasteiger partial charge in [-0.25, -0.2) is 8.78 Å². The van der Waals surface area contributed by atoms with E-state index >= 15 is 0 Å². The summed E-state index contributed by atoms with van der Waals surface area (Å²) in [5, 5.41) is 11.0. The van der Waals surface area contributed by atoms with Crippen LogP contribution in [0.2, 0.25) is 0 Å². The van der Waals surface area contributed by atoms with Crippen LogP contribution in [0, 0.1) is 11.6 Å². The van der Waals surface area contributed by atoms with Gasteiger partial charge in [0, 0.05) is 5.56 Å². The number of hydrogen-bond donors (Lipinski definition) is 1. The molecule has 0 saturated carbocycles. The molecular weight excluding hydrogens is 426 g/mol. The summed E-state index contributed by atoms with van der Waals surface area (Å²) in [5.41, 5.74) is 2.72. The van der Waals surface area contributed by atoms with Crippen molar-refractivity contribution >= 4 is 0 Å². The fourth-order valence-corrected chi connectivity index (χ4v) is 3.63. The van der Waals surface area contributed by atoms with E-state index in [2.05, 4.69) is 0 Å². The zero-order valence-corrected chi connectivity index (χ0v) is 18.1. The van der Waals surface area contributed by atoms with Crippen molar-refractivity contribution in [2.75, 3.05) is 14.2 Å². The Bertz CT molecular complexity index is 1260. The molecule has 4 rings (SSSR count). The maximum absolute atomic E-state index is 14.9. The molecule has 4 nitrogen and oxygen atoms in total. The van der Waals surface area contributed by atoms with Crippen molar-refractivity contribution in [1.29, 1.82) is 0 Å². The lowest BCUT2D eigenvalue weighted by atomic mass is 9.96. The second kappa shape index (κ2) is 9.61. The molecule has 6 heteroatoms. The molecule has 4 aromatic carbocycles. The van der Waals surface area contributed by atoms with E-state index in [0.29, 0.717) is 22.4 Å². The van der Waals surface area contributed by atoms with Gasteiger partial charge in [0.15, 0.2) is 23.1 Å². The molecule has 0 radical (unpaired) electrons. The predicted molar refractivity (Wildman–Crippen MR) is 123 cm³/mol. The molecule has 4 aromatic rings. The van der Waals surface area contributed by atoms with Crippen molar-refractivity contribution < 1.29 is 28.1 Å². The summed E-state index contributed by atoms with van der Waals surface area (Å²) in [4.78, 5) is 0. The van der Waals surface area contributed by atoms with Crippen LogP contribution in [0.15, 0.2) is 78.9 Å². The first-order valence-electron chi connectivity index (χ1n) is 10.2. The summed E-state index contributed by atoms with van der Waals surface area (Å²) in [7, 11) is 2.87. The van der Waals surface area contributed by atoms with Gasteiger partial charge in [-0.1, -0.05) is 48.5 Å². The fourth-order valence-electron chi connectivity index (χ4n) is 3.63. The van der Waals surface area contributed by atoms with Crippen LogP contribution in [-0.2, 0) is 6.61 Å².